The second-order valence-corrected chi connectivity index (χ2v) is 5.19. The van der Waals surface area contributed by atoms with Gasteiger partial charge in [0.25, 0.3) is 0 Å². The van der Waals surface area contributed by atoms with Crippen molar-refractivity contribution in [2.24, 2.45) is 5.92 Å². The molecular formula is C17H28N2O2. The molecule has 0 saturated carbocycles. The van der Waals surface area contributed by atoms with Gasteiger partial charge in [0.05, 0.1) is 12.5 Å². The number of carbonyl (C=O) groups is 1. The van der Waals surface area contributed by atoms with Gasteiger partial charge in [-0.05, 0) is 25.0 Å². The lowest BCUT2D eigenvalue weighted by molar-refractivity contribution is -0.147. The minimum absolute atomic E-state index is 0.0997. The molecule has 0 radical (unpaired) electrons. The third-order valence-electron chi connectivity index (χ3n) is 3.29. The molecule has 0 spiro atoms. The fourth-order valence-corrected chi connectivity index (χ4v) is 2.15. The van der Waals surface area contributed by atoms with Crippen LogP contribution in [-0.4, -0.2) is 32.2 Å². The van der Waals surface area contributed by atoms with Crippen molar-refractivity contribution in [3.63, 3.8) is 0 Å². The molecule has 1 aromatic rings. The SMILES string of the molecule is CCCc1ccccc1NCCNCC(C)C(=O)OCC. The predicted octanol–water partition coefficient (Wildman–Crippen LogP) is 2.84. The Bertz CT molecular complexity index is 421. The van der Waals surface area contributed by atoms with Gasteiger partial charge in [0.1, 0.15) is 0 Å². The summed E-state index contributed by atoms with van der Waals surface area (Å²) >= 11 is 0. The van der Waals surface area contributed by atoms with Crippen LogP contribution < -0.4 is 10.6 Å². The molecule has 1 unspecified atom stereocenters. The van der Waals surface area contributed by atoms with Crippen LogP contribution in [-0.2, 0) is 16.0 Å². The fourth-order valence-electron chi connectivity index (χ4n) is 2.15. The molecule has 21 heavy (non-hydrogen) atoms. The van der Waals surface area contributed by atoms with Gasteiger partial charge in [-0.25, -0.2) is 0 Å². The van der Waals surface area contributed by atoms with E-state index in [4.69, 9.17) is 4.74 Å². The Morgan fingerprint density at radius 2 is 2.00 bits per heavy atom. The van der Waals surface area contributed by atoms with Crippen LogP contribution >= 0.6 is 0 Å². The Morgan fingerprint density at radius 3 is 2.71 bits per heavy atom. The maximum Gasteiger partial charge on any atom is 0.309 e. The number of hydrogen-bond acceptors (Lipinski definition) is 4. The number of carbonyl (C=O) groups excluding carboxylic acids is 1. The number of rotatable bonds is 10. The molecule has 0 aliphatic heterocycles. The first-order valence-corrected chi connectivity index (χ1v) is 7.88. The number of nitrogens with one attached hydrogen (secondary N) is 2. The lowest BCUT2D eigenvalue weighted by atomic mass is 10.1. The normalized spacial score (nSPS) is 12.0. The van der Waals surface area contributed by atoms with E-state index in [9.17, 15) is 4.79 Å². The first-order chi connectivity index (χ1) is 10.2. The molecule has 0 aliphatic carbocycles. The number of hydrogen-bond donors (Lipinski definition) is 2. The summed E-state index contributed by atoms with van der Waals surface area (Å²) in [5, 5.41) is 6.73. The van der Waals surface area contributed by atoms with Crippen LogP contribution in [0.25, 0.3) is 0 Å². The van der Waals surface area contributed by atoms with E-state index in [0.29, 0.717) is 13.2 Å². The van der Waals surface area contributed by atoms with Crippen molar-refractivity contribution in [2.75, 3.05) is 31.6 Å². The quantitative estimate of drug-likeness (QED) is 0.514. The maximum atomic E-state index is 11.5. The number of ether oxygens (including phenoxy) is 1. The number of esters is 1. The lowest BCUT2D eigenvalue weighted by Crippen LogP contribution is -2.31. The summed E-state index contributed by atoms with van der Waals surface area (Å²) in [5.41, 5.74) is 2.57. The highest BCUT2D eigenvalue weighted by Crippen LogP contribution is 2.16. The molecule has 0 fully saturated rings. The summed E-state index contributed by atoms with van der Waals surface area (Å²) < 4.78 is 4.98. The van der Waals surface area contributed by atoms with E-state index in [2.05, 4.69) is 41.8 Å². The van der Waals surface area contributed by atoms with Gasteiger partial charge >= 0.3 is 5.97 Å². The van der Waals surface area contributed by atoms with E-state index in [-0.39, 0.29) is 11.9 Å². The topological polar surface area (TPSA) is 50.4 Å². The molecule has 0 bridgehead atoms. The first-order valence-electron chi connectivity index (χ1n) is 7.88. The van der Waals surface area contributed by atoms with Crippen LogP contribution in [0.15, 0.2) is 24.3 Å². The van der Waals surface area contributed by atoms with E-state index in [1.54, 1.807) is 0 Å². The van der Waals surface area contributed by atoms with Gasteiger partial charge in [0.15, 0.2) is 0 Å². The van der Waals surface area contributed by atoms with Crippen molar-refractivity contribution in [2.45, 2.75) is 33.6 Å². The second kappa shape index (κ2) is 10.2. The molecule has 1 atom stereocenters. The predicted molar refractivity (Wildman–Crippen MR) is 87.6 cm³/mol. The summed E-state index contributed by atoms with van der Waals surface area (Å²) in [7, 11) is 0. The van der Waals surface area contributed by atoms with Gasteiger partial charge < -0.3 is 15.4 Å². The van der Waals surface area contributed by atoms with Crippen molar-refractivity contribution in [1.82, 2.24) is 5.32 Å². The van der Waals surface area contributed by atoms with Gasteiger partial charge in [0, 0.05) is 25.3 Å². The Labute approximate surface area is 128 Å². The minimum Gasteiger partial charge on any atom is -0.466 e. The average molecular weight is 292 g/mol. The Morgan fingerprint density at radius 1 is 1.24 bits per heavy atom. The van der Waals surface area contributed by atoms with Crippen LogP contribution in [0.3, 0.4) is 0 Å². The summed E-state index contributed by atoms with van der Waals surface area (Å²) in [5.74, 6) is -0.233. The van der Waals surface area contributed by atoms with E-state index < -0.39 is 0 Å². The van der Waals surface area contributed by atoms with Crippen molar-refractivity contribution in [1.29, 1.82) is 0 Å². The Balaban J connectivity index is 2.24. The van der Waals surface area contributed by atoms with E-state index in [1.807, 2.05) is 13.8 Å². The van der Waals surface area contributed by atoms with Crippen molar-refractivity contribution in [3.05, 3.63) is 29.8 Å². The van der Waals surface area contributed by atoms with E-state index >= 15 is 0 Å². The van der Waals surface area contributed by atoms with Crippen molar-refractivity contribution < 1.29 is 9.53 Å². The maximum absolute atomic E-state index is 11.5. The summed E-state index contributed by atoms with van der Waals surface area (Å²) in [4.78, 5) is 11.5. The molecular weight excluding hydrogens is 264 g/mol. The monoisotopic (exact) mass is 292 g/mol. The third kappa shape index (κ3) is 6.63. The Hall–Kier alpha value is -1.55. The van der Waals surface area contributed by atoms with Crippen molar-refractivity contribution in [3.8, 4) is 0 Å². The largest absolute Gasteiger partial charge is 0.466 e. The zero-order chi connectivity index (χ0) is 15.5. The zero-order valence-corrected chi connectivity index (χ0v) is 13.4. The molecule has 1 aromatic carbocycles. The average Bonchev–Trinajstić information content (AvgIpc) is 2.49. The van der Waals surface area contributed by atoms with Crippen LogP contribution in [0.5, 0.6) is 0 Å². The molecule has 2 N–H and O–H groups in total. The van der Waals surface area contributed by atoms with Gasteiger partial charge in [-0.1, -0.05) is 38.5 Å². The first kappa shape index (κ1) is 17.5. The van der Waals surface area contributed by atoms with E-state index in [0.717, 1.165) is 25.9 Å². The van der Waals surface area contributed by atoms with Gasteiger partial charge in [-0.3, -0.25) is 4.79 Å². The molecule has 4 heteroatoms. The van der Waals surface area contributed by atoms with E-state index in [1.165, 1.54) is 11.3 Å². The number of aryl methyl sites for hydroxylation is 1. The third-order valence-corrected chi connectivity index (χ3v) is 3.29. The van der Waals surface area contributed by atoms with Gasteiger partial charge in [0.2, 0.25) is 0 Å². The molecule has 118 valence electrons. The summed E-state index contributed by atoms with van der Waals surface area (Å²) in [6.45, 7) is 8.66. The van der Waals surface area contributed by atoms with Crippen LogP contribution in [0.4, 0.5) is 5.69 Å². The Kier molecular flexibility index (Phi) is 8.51. The highest BCUT2D eigenvalue weighted by atomic mass is 16.5. The highest BCUT2D eigenvalue weighted by molar-refractivity contribution is 5.72. The number of para-hydroxylation sites is 1. The van der Waals surface area contributed by atoms with Gasteiger partial charge in [-0.2, -0.15) is 0 Å². The summed E-state index contributed by atoms with van der Waals surface area (Å²) in [6.07, 6.45) is 2.24. The van der Waals surface area contributed by atoms with Crippen LogP contribution in [0.2, 0.25) is 0 Å². The molecule has 0 amide bonds. The number of anilines is 1. The smallest absolute Gasteiger partial charge is 0.309 e. The molecule has 0 aliphatic rings. The second-order valence-electron chi connectivity index (χ2n) is 5.19. The standard InChI is InChI=1S/C17H28N2O2/c1-4-8-15-9-6-7-10-16(15)19-12-11-18-13-14(3)17(20)21-5-2/h6-7,9-10,14,18-19H,4-5,8,11-13H2,1-3H3. The lowest BCUT2D eigenvalue weighted by Gasteiger charge is -2.14. The van der Waals surface area contributed by atoms with Crippen LogP contribution in [0.1, 0.15) is 32.8 Å². The number of benzene rings is 1. The molecule has 0 saturated heterocycles. The van der Waals surface area contributed by atoms with Gasteiger partial charge in [-0.15, -0.1) is 0 Å². The zero-order valence-electron chi connectivity index (χ0n) is 13.4. The van der Waals surface area contributed by atoms with Crippen molar-refractivity contribution >= 4 is 11.7 Å². The fraction of sp³-hybridized carbons (Fsp3) is 0.588. The van der Waals surface area contributed by atoms with Crippen LogP contribution in [0, 0.1) is 5.92 Å². The minimum atomic E-state index is -0.133. The summed E-state index contributed by atoms with van der Waals surface area (Å²) in [6, 6.07) is 8.42. The molecule has 0 heterocycles. The highest BCUT2D eigenvalue weighted by Gasteiger charge is 2.12. The molecule has 1 rings (SSSR count). The molecule has 0 aromatic heterocycles. The molecule has 4 nitrogen and oxygen atoms in total.